The van der Waals surface area contributed by atoms with Gasteiger partial charge < -0.3 is 30.9 Å². The highest BCUT2D eigenvalue weighted by Gasteiger charge is 2.21. The largest absolute Gasteiger partial charge is 0.489 e. The second-order valence-electron chi connectivity index (χ2n) is 8.45. The summed E-state index contributed by atoms with van der Waals surface area (Å²) >= 11 is 0. The van der Waals surface area contributed by atoms with Gasteiger partial charge in [0.15, 0.2) is 0 Å². The number of carbonyl (C=O) groups excluding carboxylic acids is 3. The van der Waals surface area contributed by atoms with Crippen molar-refractivity contribution < 1.29 is 29.0 Å². The number of aliphatic hydroxyl groups is 1. The number of aliphatic hydroxyl groups excluding tert-OH is 1. The minimum atomic E-state index is -1.17. The van der Waals surface area contributed by atoms with Crippen molar-refractivity contribution in [2.75, 3.05) is 6.54 Å². The van der Waals surface area contributed by atoms with Gasteiger partial charge in [0.05, 0.1) is 12.5 Å². The first-order chi connectivity index (χ1) is 17.9. The summed E-state index contributed by atoms with van der Waals surface area (Å²) in [5.41, 5.74) is 8.09. The molecule has 0 aliphatic heterocycles. The van der Waals surface area contributed by atoms with Gasteiger partial charge in [-0.3, -0.25) is 9.59 Å². The predicted octanol–water partition coefficient (Wildman–Crippen LogP) is 2.46. The summed E-state index contributed by atoms with van der Waals surface area (Å²) < 4.78 is 10.9. The third-order valence-electron chi connectivity index (χ3n) is 5.38. The van der Waals surface area contributed by atoms with Gasteiger partial charge in [-0.2, -0.15) is 0 Å². The van der Waals surface area contributed by atoms with E-state index < -0.39 is 30.1 Å². The van der Waals surface area contributed by atoms with Crippen LogP contribution < -0.4 is 21.1 Å². The van der Waals surface area contributed by atoms with Crippen molar-refractivity contribution in [2.45, 2.75) is 38.2 Å². The van der Waals surface area contributed by atoms with Gasteiger partial charge in [0.1, 0.15) is 25.0 Å². The molecule has 0 saturated heterocycles. The molecule has 0 aliphatic carbocycles. The Morgan fingerprint density at radius 1 is 0.838 bits per heavy atom. The Morgan fingerprint density at radius 2 is 1.46 bits per heavy atom. The summed E-state index contributed by atoms with van der Waals surface area (Å²) in [4.78, 5) is 36.2. The van der Waals surface area contributed by atoms with E-state index in [2.05, 4.69) is 10.6 Å². The van der Waals surface area contributed by atoms with Gasteiger partial charge in [-0.05, 0) is 28.8 Å². The number of ether oxygens (including phenoxy) is 2. The van der Waals surface area contributed by atoms with Crippen molar-refractivity contribution in [3.63, 3.8) is 0 Å². The molecular formula is C28H31N3O6. The van der Waals surface area contributed by atoms with Crippen LogP contribution in [-0.4, -0.2) is 41.7 Å². The second kappa shape index (κ2) is 14.3. The number of nitrogens with two attached hydrogens (primary N) is 1. The maximum absolute atomic E-state index is 12.4. The predicted molar refractivity (Wildman–Crippen MR) is 137 cm³/mol. The van der Waals surface area contributed by atoms with Crippen molar-refractivity contribution in [3.8, 4) is 5.75 Å². The molecular weight excluding hydrogens is 474 g/mol. The lowest BCUT2D eigenvalue weighted by Crippen LogP contribution is -2.47. The zero-order valence-electron chi connectivity index (χ0n) is 20.3. The molecule has 37 heavy (non-hydrogen) atoms. The van der Waals surface area contributed by atoms with Crippen molar-refractivity contribution in [2.24, 2.45) is 5.73 Å². The molecule has 0 saturated carbocycles. The first-order valence-corrected chi connectivity index (χ1v) is 11.9. The van der Waals surface area contributed by atoms with Crippen molar-refractivity contribution in [1.29, 1.82) is 0 Å². The van der Waals surface area contributed by atoms with E-state index in [0.29, 0.717) is 12.4 Å². The van der Waals surface area contributed by atoms with Crippen molar-refractivity contribution in [3.05, 3.63) is 102 Å². The summed E-state index contributed by atoms with van der Waals surface area (Å²) in [6, 6.07) is 25.1. The van der Waals surface area contributed by atoms with Crippen LogP contribution in [0.2, 0.25) is 0 Å². The minimum Gasteiger partial charge on any atom is -0.489 e. The number of hydrogen-bond acceptors (Lipinski definition) is 6. The summed E-state index contributed by atoms with van der Waals surface area (Å²) in [5, 5.41) is 15.1. The first-order valence-electron chi connectivity index (χ1n) is 11.9. The number of amides is 3. The molecule has 0 unspecified atom stereocenters. The Bertz CT molecular complexity index is 1160. The third-order valence-corrected chi connectivity index (χ3v) is 5.38. The molecule has 194 valence electrons. The Balaban J connectivity index is 1.43. The molecule has 0 aliphatic rings. The Morgan fingerprint density at radius 3 is 2.11 bits per heavy atom. The number of primary amides is 1. The maximum atomic E-state index is 12.4. The van der Waals surface area contributed by atoms with E-state index >= 15 is 0 Å². The summed E-state index contributed by atoms with van der Waals surface area (Å²) in [5.74, 6) is -0.662. The van der Waals surface area contributed by atoms with Crippen LogP contribution in [0.5, 0.6) is 5.75 Å². The van der Waals surface area contributed by atoms with E-state index in [4.69, 9.17) is 15.2 Å². The van der Waals surface area contributed by atoms with Gasteiger partial charge in [-0.15, -0.1) is 0 Å². The van der Waals surface area contributed by atoms with Crippen LogP contribution in [0.3, 0.4) is 0 Å². The van der Waals surface area contributed by atoms with Gasteiger partial charge in [-0.25, -0.2) is 4.79 Å². The van der Waals surface area contributed by atoms with Gasteiger partial charge >= 0.3 is 6.09 Å². The molecule has 0 aromatic heterocycles. The van der Waals surface area contributed by atoms with Crippen molar-refractivity contribution >= 4 is 17.9 Å². The Kier molecular flexibility index (Phi) is 10.5. The standard InChI is InChI=1S/C28H31N3O6/c29-27(34)25(15-22-12-7-13-24(14-22)36-18-20-8-3-1-4-9-20)31-26(33)16-23(32)17-30-28(35)37-19-21-10-5-2-6-11-21/h1-14,23,25,32H,15-19H2,(H2,29,34)(H,30,35)(H,31,33)/t23-,25+/m1/s1. The van der Waals surface area contributed by atoms with E-state index in [0.717, 1.165) is 16.7 Å². The van der Waals surface area contributed by atoms with Crippen LogP contribution in [0.4, 0.5) is 4.79 Å². The van der Waals surface area contributed by atoms with E-state index in [1.807, 2.05) is 60.7 Å². The lowest BCUT2D eigenvalue weighted by molar-refractivity contribution is -0.128. The van der Waals surface area contributed by atoms with Gasteiger partial charge in [-0.1, -0.05) is 72.8 Å². The van der Waals surface area contributed by atoms with Crippen LogP contribution in [0.1, 0.15) is 23.1 Å². The molecule has 3 aromatic carbocycles. The lowest BCUT2D eigenvalue weighted by Gasteiger charge is -2.18. The molecule has 0 bridgehead atoms. The summed E-state index contributed by atoms with van der Waals surface area (Å²) in [6.45, 7) is 0.289. The van der Waals surface area contributed by atoms with E-state index in [9.17, 15) is 19.5 Å². The second-order valence-corrected chi connectivity index (χ2v) is 8.45. The van der Waals surface area contributed by atoms with Crippen LogP contribution >= 0.6 is 0 Å². The summed E-state index contributed by atoms with van der Waals surface area (Å²) in [7, 11) is 0. The fourth-order valence-corrected chi connectivity index (χ4v) is 3.48. The molecule has 2 atom stereocenters. The van der Waals surface area contributed by atoms with Crippen molar-refractivity contribution in [1.82, 2.24) is 10.6 Å². The molecule has 9 nitrogen and oxygen atoms in total. The maximum Gasteiger partial charge on any atom is 0.407 e. The van der Waals surface area contributed by atoms with E-state index in [1.54, 1.807) is 24.3 Å². The minimum absolute atomic E-state index is 0.0854. The average Bonchev–Trinajstić information content (AvgIpc) is 2.90. The van der Waals surface area contributed by atoms with Gasteiger partial charge in [0.2, 0.25) is 11.8 Å². The fraction of sp³-hybridized carbons (Fsp3) is 0.250. The molecule has 0 heterocycles. The zero-order valence-corrected chi connectivity index (χ0v) is 20.3. The molecule has 3 amide bonds. The van der Waals surface area contributed by atoms with Gasteiger partial charge in [0.25, 0.3) is 0 Å². The van der Waals surface area contributed by atoms with Crippen LogP contribution in [0.15, 0.2) is 84.9 Å². The highest BCUT2D eigenvalue weighted by molar-refractivity contribution is 5.87. The Hall–Kier alpha value is -4.37. The molecule has 0 fully saturated rings. The number of alkyl carbamates (subject to hydrolysis) is 1. The molecule has 3 aromatic rings. The SMILES string of the molecule is NC(=O)[C@H](Cc1cccc(OCc2ccccc2)c1)NC(=O)C[C@@H](O)CNC(=O)OCc1ccccc1. The van der Waals surface area contributed by atoms with Gasteiger partial charge in [0, 0.05) is 13.0 Å². The van der Waals surface area contributed by atoms with Crippen LogP contribution in [-0.2, 0) is 34.0 Å². The fourth-order valence-electron chi connectivity index (χ4n) is 3.48. The molecule has 0 spiro atoms. The number of hydrogen-bond donors (Lipinski definition) is 4. The molecule has 5 N–H and O–H groups in total. The average molecular weight is 506 g/mol. The quantitative estimate of drug-likeness (QED) is 0.281. The molecule has 3 rings (SSSR count). The molecule has 9 heteroatoms. The zero-order chi connectivity index (χ0) is 26.5. The van der Waals surface area contributed by atoms with Crippen LogP contribution in [0.25, 0.3) is 0 Å². The van der Waals surface area contributed by atoms with Crippen LogP contribution in [0, 0.1) is 0 Å². The first kappa shape index (κ1) is 27.2. The van der Waals surface area contributed by atoms with E-state index in [-0.39, 0.29) is 26.0 Å². The normalized spacial score (nSPS) is 12.1. The summed E-state index contributed by atoms with van der Waals surface area (Å²) in [6.07, 6.45) is -2.06. The molecule has 0 radical (unpaired) electrons. The smallest absolute Gasteiger partial charge is 0.407 e. The number of carbonyl (C=O) groups is 3. The Labute approximate surface area is 215 Å². The number of nitrogens with one attached hydrogen (secondary N) is 2. The highest BCUT2D eigenvalue weighted by Crippen LogP contribution is 2.16. The topological polar surface area (TPSA) is 140 Å². The van der Waals surface area contributed by atoms with E-state index in [1.165, 1.54) is 0 Å². The third kappa shape index (κ3) is 10.0. The number of rotatable bonds is 13. The lowest BCUT2D eigenvalue weighted by atomic mass is 10.0. The number of benzene rings is 3. The highest BCUT2D eigenvalue weighted by atomic mass is 16.5. The monoisotopic (exact) mass is 505 g/mol.